The fourth-order valence-electron chi connectivity index (χ4n) is 2.06. The predicted octanol–water partition coefficient (Wildman–Crippen LogP) is 3.95. The fourth-order valence-corrected chi connectivity index (χ4v) is 2.32. The van der Waals surface area contributed by atoms with Crippen LogP contribution in [-0.4, -0.2) is 13.7 Å². The van der Waals surface area contributed by atoms with Crippen molar-refractivity contribution >= 4 is 11.6 Å². The van der Waals surface area contributed by atoms with Crippen molar-refractivity contribution in [2.24, 2.45) is 0 Å². The lowest BCUT2D eigenvalue weighted by Gasteiger charge is -2.17. The van der Waals surface area contributed by atoms with Gasteiger partial charge in [-0.25, -0.2) is 0 Å². The third-order valence-electron chi connectivity index (χ3n) is 2.96. The van der Waals surface area contributed by atoms with Gasteiger partial charge < -0.3 is 14.5 Å². The van der Waals surface area contributed by atoms with Crippen LogP contribution in [0, 0.1) is 6.92 Å². The Kier molecular flexibility index (Phi) is 4.51. The van der Waals surface area contributed by atoms with Crippen LogP contribution in [0.25, 0.3) is 0 Å². The lowest BCUT2D eigenvalue weighted by Crippen LogP contribution is -2.21. The van der Waals surface area contributed by atoms with Gasteiger partial charge in [0.15, 0.2) is 0 Å². The van der Waals surface area contributed by atoms with Crippen LogP contribution in [0.5, 0.6) is 5.75 Å². The zero-order valence-corrected chi connectivity index (χ0v) is 12.1. The van der Waals surface area contributed by atoms with Crippen molar-refractivity contribution < 1.29 is 9.15 Å². The highest BCUT2D eigenvalue weighted by Gasteiger charge is 2.17. The average molecular weight is 280 g/mol. The van der Waals surface area contributed by atoms with Gasteiger partial charge in [0.25, 0.3) is 0 Å². The van der Waals surface area contributed by atoms with Crippen molar-refractivity contribution in [3.8, 4) is 5.75 Å². The molecule has 0 aliphatic carbocycles. The summed E-state index contributed by atoms with van der Waals surface area (Å²) < 4.78 is 10.9. The maximum Gasteiger partial charge on any atom is 0.137 e. The molecule has 2 aromatic rings. The Morgan fingerprint density at radius 2 is 2.11 bits per heavy atom. The van der Waals surface area contributed by atoms with E-state index in [1.165, 1.54) is 0 Å². The number of furan rings is 1. The number of aryl methyl sites for hydroxylation is 1. The van der Waals surface area contributed by atoms with Crippen LogP contribution < -0.4 is 10.1 Å². The maximum atomic E-state index is 6.18. The largest absolute Gasteiger partial charge is 0.495 e. The molecule has 0 fully saturated rings. The molecule has 3 nitrogen and oxygen atoms in total. The normalized spacial score (nSPS) is 12.4. The predicted molar refractivity (Wildman–Crippen MR) is 77.0 cm³/mol. The third-order valence-corrected chi connectivity index (χ3v) is 3.26. The number of nitrogens with one attached hydrogen (secondary N) is 1. The van der Waals surface area contributed by atoms with E-state index in [0.29, 0.717) is 10.8 Å². The lowest BCUT2D eigenvalue weighted by molar-refractivity contribution is 0.413. The van der Waals surface area contributed by atoms with E-state index in [1.807, 2.05) is 37.3 Å². The number of benzene rings is 1. The van der Waals surface area contributed by atoms with Gasteiger partial charge in [-0.15, -0.1) is 0 Å². The first-order chi connectivity index (χ1) is 9.15. The van der Waals surface area contributed by atoms with E-state index in [-0.39, 0.29) is 6.04 Å². The quantitative estimate of drug-likeness (QED) is 0.900. The SMILES string of the molecule is CCNC(c1ccc(OC)c(Cl)c1)c1ccc(C)o1. The molecule has 1 heterocycles. The standard InChI is InChI=1S/C15H18ClNO2/c1-4-17-15(14-7-5-10(2)19-14)11-6-8-13(18-3)12(16)9-11/h5-9,15,17H,4H2,1-3H3. The molecule has 1 atom stereocenters. The van der Waals surface area contributed by atoms with E-state index in [9.17, 15) is 0 Å². The monoisotopic (exact) mass is 279 g/mol. The molecule has 1 aromatic heterocycles. The van der Waals surface area contributed by atoms with Crippen LogP contribution in [0.1, 0.15) is 30.0 Å². The number of ether oxygens (including phenoxy) is 1. The number of halogens is 1. The Hall–Kier alpha value is -1.45. The van der Waals surface area contributed by atoms with Gasteiger partial charge in [0.1, 0.15) is 17.3 Å². The van der Waals surface area contributed by atoms with Crippen LogP contribution in [0.4, 0.5) is 0 Å². The summed E-state index contributed by atoms with van der Waals surface area (Å²) in [6, 6.07) is 9.73. The summed E-state index contributed by atoms with van der Waals surface area (Å²) in [5, 5.41) is 4.00. The summed E-state index contributed by atoms with van der Waals surface area (Å²) in [7, 11) is 1.61. The maximum absolute atomic E-state index is 6.18. The average Bonchev–Trinajstić information content (AvgIpc) is 2.82. The van der Waals surface area contributed by atoms with Crippen LogP contribution in [-0.2, 0) is 0 Å². The number of hydrogen-bond donors (Lipinski definition) is 1. The molecule has 0 spiro atoms. The molecule has 2 rings (SSSR count). The van der Waals surface area contributed by atoms with E-state index in [0.717, 1.165) is 23.6 Å². The van der Waals surface area contributed by atoms with Gasteiger partial charge in [-0.05, 0) is 43.3 Å². The number of rotatable bonds is 5. The Labute approximate surface area is 118 Å². The van der Waals surface area contributed by atoms with Gasteiger partial charge >= 0.3 is 0 Å². The van der Waals surface area contributed by atoms with E-state index in [4.69, 9.17) is 20.8 Å². The second-order valence-electron chi connectivity index (χ2n) is 4.33. The number of methoxy groups -OCH3 is 1. The third kappa shape index (κ3) is 3.11. The summed E-state index contributed by atoms with van der Waals surface area (Å²) in [4.78, 5) is 0. The zero-order chi connectivity index (χ0) is 13.8. The Morgan fingerprint density at radius 3 is 2.63 bits per heavy atom. The van der Waals surface area contributed by atoms with Crippen LogP contribution in [0.3, 0.4) is 0 Å². The smallest absolute Gasteiger partial charge is 0.137 e. The van der Waals surface area contributed by atoms with E-state index >= 15 is 0 Å². The first-order valence-corrected chi connectivity index (χ1v) is 6.66. The fraction of sp³-hybridized carbons (Fsp3) is 0.333. The molecule has 0 aliphatic rings. The van der Waals surface area contributed by atoms with Gasteiger partial charge in [0, 0.05) is 0 Å². The molecule has 4 heteroatoms. The zero-order valence-electron chi connectivity index (χ0n) is 11.4. The van der Waals surface area contributed by atoms with Gasteiger partial charge in [-0.1, -0.05) is 24.6 Å². The summed E-state index contributed by atoms with van der Waals surface area (Å²) in [6.45, 7) is 4.84. The molecular weight excluding hydrogens is 262 g/mol. The number of hydrogen-bond acceptors (Lipinski definition) is 3. The van der Waals surface area contributed by atoms with Crippen molar-refractivity contribution in [2.75, 3.05) is 13.7 Å². The second kappa shape index (κ2) is 6.13. The van der Waals surface area contributed by atoms with Gasteiger partial charge in [-0.2, -0.15) is 0 Å². The van der Waals surface area contributed by atoms with Crippen molar-refractivity contribution in [2.45, 2.75) is 19.9 Å². The summed E-state index contributed by atoms with van der Waals surface area (Å²) in [5.41, 5.74) is 1.06. The van der Waals surface area contributed by atoms with Gasteiger partial charge in [0.05, 0.1) is 18.2 Å². The molecule has 0 aliphatic heterocycles. The highest BCUT2D eigenvalue weighted by molar-refractivity contribution is 6.32. The van der Waals surface area contributed by atoms with E-state index in [2.05, 4.69) is 12.2 Å². The van der Waals surface area contributed by atoms with Crippen molar-refractivity contribution in [1.82, 2.24) is 5.32 Å². The first kappa shape index (κ1) is 14.0. The molecule has 0 saturated carbocycles. The van der Waals surface area contributed by atoms with Crippen LogP contribution in [0.15, 0.2) is 34.7 Å². The molecule has 1 aromatic carbocycles. The van der Waals surface area contributed by atoms with Crippen LogP contribution in [0.2, 0.25) is 5.02 Å². The highest BCUT2D eigenvalue weighted by atomic mass is 35.5. The molecule has 0 radical (unpaired) electrons. The first-order valence-electron chi connectivity index (χ1n) is 6.29. The van der Waals surface area contributed by atoms with Crippen LogP contribution >= 0.6 is 11.6 Å². The summed E-state index contributed by atoms with van der Waals surface area (Å²) in [5.74, 6) is 2.47. The Bertz CT molecular complexity index is 551. The minimum atomic E-state index is 0.00195. The Morgan fingerprint density at radius 1 is 1.32 bits per heavy atom. The minimum absolute atomic E-state index is 0.00195. The van der Waals surface area contributed by atoms with Gasteiger partial charge in [-0.3, -0.25) is 0 Å². The van der Waals surface area contributed by atoms with Crippen molar-refractivity contribution in [1.29, 1.82) is 0 Å². The molecule has 19 heavy (non-hydrogen) atoms. The Balaban J connectivity index is 2.36. The van der Waals surface area contributed by atoms with Crippen molar-refractivity contribution in [3.63, 3.8) is 0 Å². The molecule has 0 amide bonds. The van der Waals surface area contributed by atoms with E-state index in [1.54, 1.807) is 7.11 Å². The van der Waals surface area contributed by atoms with Crippen molar-refractivity contribution in [3.05, 3.63) is 52.4 Å². The van der Waals surface area contributed by atoms with E-state index < -0.39 is 0 Å². The molecule has 0 bridgehead atoms. The summed E-state index contributed by atoms with van der Waals surface area (Å²) in [6.07, 6.45) is 0. The van der Waals surface area contributed by atoms with Gasteiger partial charge in [0.2, 0.25) is 0 Å². The molecule has 102 valence electrons. The minimum Gasteiger partial charge on any atom is -0.495 e. The topological polar surface area (TPSA) is 34.4 Å². The highest BCUT2D eigenvalue weighted by Crippen LogP contribution is 2.30. The second-order valence-corrected chi connectivity index (χ2v) is 4.74. The lowest BCUT2D eigenvalue weighted by atomic mass is 10.0. The molecular formula is C15H18ClNO2. The molecule has 1 N–H and O–H groups in total. The molecule has 0 saturated heterocycles. The summed E-state index contributed by atoms with van der Waals surface area (Å²) >= 11 is 6.18. The molecule has 1 unspecified atom stereocenters.